The molecule has 2 aromatic carbocycles. The minimum absolute atomic E-state index is 0.0431. The second-order valence-electron chi connectivity index (χ2n) is 8.33. The van der Waals surface area contributed by atoms with E-state index in [-0.39, 0.29) is 29.1 Å². The Morgan fingerprint density at radius 2 is 1.82 bits per heavy atom. The van der Waals surface area contributed by atoms with E-state index in [1.807, 2.05) is 26.0 Å². The van der Waals surface area contributed by atoms with Crippen LogP contribution < -0.4 is 9.62 Å². The van der Waals surface area contributed by atoms with Crippen LogP contribution in [0.2, 0.25) is 5.02 Å². The molecule has 0 heterocycles. The molecule has 2 amide bonds. The molecule has 1 N–H and O–H groups in total. The highest BCUT2D eigenvalue weighted by Gasteiger charge is 2.30. The number of amides is 2. The van der Waals surface area contributed by atoms with Gasteiger partial charge in [0.25, 0.3) is 0 Å². The standard InChI is InChI=1S/C23H28BrClFN3O4S/c1-15(2)12-27-23(31)16(3)28(13-17-6-5-7-18(24)10-17)22(30)14-29(34(4,32)33)19-8-9-21(26)20(25)11-19/h5-11,15-16H,12-14H2,1-4H3,(H,27,31)/t16-/m1/s1. The number of sulfonamides is 1. The first kappa shape index (κ1) is 28.1. The highest BCUT2D eigenvalue weighted by Crippen LogP contribution is 2.25. The van der Waals surface area contributed by atoms with Crippen LogP contribution in [0.3, 0.4) is 0 Å². The fraction of sp³-hybridized carbons (Fsp3) is 0.391. The van der Waals surface area contributed by atoms with E-state index in [1.54, 1.807) is 19.1 Å². The second kappa shape index (κ2) is 12.0. The quantitative estimate of drug-likeness (QED) is 0.459. The fourth-order valence-corrected chi connectivity index (χ4v) is 4.58. The highest BCUT2D eigenvalue weighted by molar-refractivity contribution is 9.10. The monoisotopic (exact) mass is 575 g/mol. The van der Waals surface area contributed by atoms with Crippen LogP contribution >= 0.6 is 27.5 Å². The van der Waals surface area contributed by atoms with Gasteiger partial charge in [-0.25, -0.2) is 12.8 Å². The number of hydrogen-bond acceptors (Lipinski definition) is 4. The topological polar surface area (TPSA) is 86.8 Å². The van der Waals surface area contributed by atoms with Crippen molar-refractivity contribution in [3.63, 3.8) is 0 Å². The van der Waals surface area contributed by atoms with Crippen molar-refractivity contribution in [1.82, 2.24) is 10.2 Å². The normalized spacial score (nSPS) is 12.4. The van der Waals surface area contributed by atoms with Gasteiger partial charge >= 0.3 is 0 Å². The molecular weight excluding hydrogens is 549 g/mol. The number of rotatable bonds is 10. The van der Waals surface area contributed by atoms with Crippen molar-refractivity contribution >= 4 is 55.1 Å². The number of benzene rings is 2. The molecule has 0 spiro atoms. The van der Waals surface area contributed by atoms with E-state index < -0.39 is 34.3 Å². The van der Waals surface area contributed by atoms with Crippen LogP contribution in [0.5, 0.6) is 0 Å². The molecule has 0 radical (unpaired) electrons. The molecule has 0 aliphatic carbocycles. The van der Waals surface area contributed by atoms with Gasteiger partial charge in [-0.1, -0.05) is 53.5 Å². The van der Waals surface area contributed by atoms with Gasteiger partial charge in [-0.15, -0.1) is 0 Å². The van der Waals surface area contributed by atoms with Crippen molar-refractivity contribution in [2.45, 2.75) is 33.4 Å². The van der Waals surface area contributed by atoms with Gasteiger partial charge in [0.15, 0.2) is 0 Å². The van der Waals surface area contributed by atoms with Gasteiger partial charge in [0, 0.05) is 17.6 Å². The number of nitrogens with zero attached hydrogens (tertiary/aromatic N) is 2. The molecule has 0 saturated heterocycles. The van der Waals surface area contributed by atoms with Crippen LogP contribution in [0.1, 0.15) is 26.3 Å². The van der Waals surface area contributed by atoms with Crippen LogP contribution in [0.25, 0.3) is 0 Å². The smallest absolute Gasteiger partial charge is 0.244 e. The zero-order valence-electron chi connectivity index (χ0n) is 19.4. The van der Waals surface area contributed by atoms with E-state index >= 15 is 0 Å². The predicted octanol–water partition coefficient (Wildman–Crippen LogP) is 4.20. The van der Waals surface area contributed by atoms with Crippen molar-refractivity contribution in [3.05, 3.63) is 63.3 Å². The SMILES string of the molecule is CC(C)CNC(=O)[C@@H](C)N(Cc1cccc(Br)c1)C(=O)CN(c1ccc(F)c(Cl)c1)S(C)(=O)=O. The van der Waals surface area contributed by atoms with Gasteiger partial charge in [0.1, 0.15) is 18.4 Å². The van der Waals surface area contributed by atoms with Gasteiger partial charge in [0.2, 0.25) is 21.8 Å². The Balaban J connectivity index is 2.39. The molecule has 0 aliphatic rings. The van der Waals surface area contributed by atoms with E-state index in [2.05, 4.69) is 21.2 Å². The molecule has 2 rings (SSSR count). The second-order valence-corrected chi connectivity index (χ2v) is 11.6. The summed E-state index contributed by atoms with van der Waals surface area (Å²) in [4.78, 5) is 27.5. The Kier molecular flexibility index (Phi) is 9.90. The predicted molar refractivity (Wildman–Crippen MR) is 136 cm³/mol. The van der Waals surface area contributed by atoms with Crippen LogP contribution in [0, 0.1) is 11.7 Å². The Hall–Kier alpha value is -2.17. The summed E-state index contributed by atoms with van der Waals surface area (Å²) in [5.41, 5.74) is 0.795. The lowest BCUT2D eigenvalue weighted by Gasteiger charge is -2.31. The Bertz CT molecular complexity index is 1150. The first-order valence-electron chi connectivity index (χ1n) is 10.5. The summed E-state index contributed by atoms with van der Waals surface area (Å²) in [7, 11) is -3.93. The first-order chi connectivity index (χ1) is 15.8. The summed E-state index contributed by atoms with van der Waals surface area (Å²) in [6.07, 6.45) is 0.939. The number of halogens is 3. The molecule has 0 aliphatic heterocycles. The number of hydrogen-bond donors (Lipinski definition) is 1. The van der Waals surface area contributed by atoms with Gasteiger partial charge < -0.3 is 10.2 Å². The van der Waals surface area contributed by atoms with Gasteiger partial charge in [0.05, 0.1) is 17.0 Å². The fourth-order valence-electron chi connectivity index (χ4n) is 3.12. The van der Waals surface area contributed by atoms with E-state index in [0.717, 1.165) is 32.7 Å². The van der Waals surface area contributed by atoms with Crippen molar-refractivity contribution in [1.29, 1.82) is 0 Å². The van der Waals surface area contributed by atoms with Crippen molar-refractivity contribution in [2.24, 2.45) is 5.92 Å². The Morgan fingerprint density at radius 3 is 2.38 bits per heavy atom. The Morgan fingerprint density at radius 1 is 1.15 bits per heavy atom. The Labute approximate surface area is 213 Å². The molecule has 1 atom stereocenters. The number of carbonyl (C=O) groups is 2. The molecule has 186 valence electrons. The molecule has 2 aromatic rings. The average molecular weight is 577 g/mol. The maximum Gasteiger partial charge on any atom is 0.244 e. The minimum atomic E-state index is -3.93. The molecule has 11 heteroatoms. The summed E-state index contributed by atoms with van der Waals surface area (Å²) < 4.78 is 40.3. The van der Waals surface area contributed by atoms with E-state index in [4.69, 9.17) is 11.6 Å². The van der Waals surface area contributed by atoms with Crippen LogP contribution in [-0.2, 0) is 26.2 Å². The maximum atomic E-state index is 13.6. The maximum absolute atomic E-state index is 13.6. The molecule has 0 saturated carbocycles. The lowest BCUT2D eigenvalue weighted by molar-refractivity contribution is -0.139. The number of carbonyl (C=O) groups excluding carboxylic acids is 2. The number of nitrogens with one attached hydrogen (secondary N) is 1. The van der Waals surface area contributed by atoms with E-state index in [1.165, 1.54) is 11.0 Å². The third-order valence-electron chi connectivity index (χ3n) is 4.96. The lowest BCUT2D eigenvalue weighted by atomic mass is 10.1. The van der Waals surface area contributed by atoms with Crippen LogP contribution in [-0.4, -0.2) is 50.5 Å². The highest BCUT2D eigenvalue weighted by atomic mass is 79.9. The van der Waals surface area contributed by atoms with Crippen molar-refractivity contribution in [3.8, 4) is 0 Å². The van der Waals surface area contributed by atoms with Crippen molar-refractivity contribution < 1.29 is 22.4 Å². The third kappa shape index (κ3) is 7.95. The molecule has 34 heavy (non-hydrogen) atoms. The molecule has 0 fully saturated rings. The largest absolute Gasteiger partial charge is 0.354 e. The van der Waals surface area contributed by atoms with E-state index in [0.29, 0.717) is 6.54 Å². The average Bonchev–Trinajstić information content (AvgIpc) is 2.74. The van der Waals surface area contributed by atoms with Crippen LogP contribution in [0.4, 0.5) is 10.1 Å². The molecule has 0 unspecified atom stereocenters. The summed E-state index contributed by atoms with van der Waals surface area (Å²) in [6.45, 7) is 5.42. The summed E-state index contributed by atoms with van der Waals surface area (Å²) in [5, 5.41) is 2.54. The van der Waals surface area contributed by atoms with Gasteiger partial charge in [-0.3, -0.25) is 13.9 Å². The van der Waals surface area contributed by atoms with Gasteiger partial charge in [-0.05, 0) is 48.7 Å². The summed E-state index contributed by atoms with van der Waals surface area (Å²) in [6, 6.07) is 9.78. The summed E-state index contributed by atoms with van der Waals surface area (Å²) in [5.74, 6) is -1.45. The summed E-state index contributed by atoms with van der Waals surface area (Å²) >= 11 is 9.22. The first-order valence-corrected chi connectivity index (χ1v) is 13.6. The lowest BCUT2D eigenvalue weighted by Crippen LogP contribution is -2.51. The zero-order chi connectivity index (χ0) is 25.6. The molecular formula is C23H28BrClFN3O4S. The van der Waals surface area contributed by atoms with Crippen molar-refractivity contribution in [2.75, 3.05) is 23.7 Å². The molecule has 0 aromatic heterocycles. The van der Waals surface area contributed by atoms with Crippen LogP contribution in [0.15, 0.2) is 46.9 Å². The van der Waals surface area contributed by atoms with E-state index in [9.17, 15) is 22.4 Å². The molecule has 7 nitrogen and oxygen atoms in total. The molecule has 0 bridgehead atoms. The minimum Gasteiger partial charge on any atom is -0.354 e. The number of anilines is 1. The third-order valence-corrected chi connectivity index (χ3v) is 6.89. The zero-order valence-corrected chi connectivity index (χ0v) is 22.5. The van der Waals surface area contributed by atoms with Gasteiger partial charge in [-0.2, -0.15) is 0 Å².